The average Bonchev–Trinajstić information content (AvgIpc) is 3.22. The number of benzene rings is 1. The molecule has 0 spiro atoms. The van der Waals surface area contributed by atoms with Crippen LogP contribution in [0.25, 0.3) is 0 Å². The fraction of sp³-hybridized carbons (Fsp3) is 0.348. The number of hydrogen-bond acceptors (Lipinski definition) is 3. The standard InChI is InChI=1S/C23H26N4O/c1-18-12-15-27(22(16-18)25-21-6-3-2-4-7-21)23(28)20-10-8-19(9-11-20)17-26-14-5-13-24-26/h5,8-16,21H,2-4,6-7,17H2,1H3. The molecule has 1 aliphatic carbocycles. The summed E-state index contributed by atoms with van der Waals surface area (Å²) in [6, 6.07) is 14.0. The molecule has 0 radical (unpaired) electrons. The third-order valence-corrected chi connectivity index (χ3v) is 5.30. The summed E-state index contributed by atoms with van der Waals surface area (Å²) >= 11 is 0. The maximum absolute atomic E-state index is 13.1. The van der Waals surface area contributed by atoms with Crippen LogP contribution in [0.5, 0.6) is 0 Å². The summed E-state index contributed by atoms with van der Waals surface area (Å²) < 4.78 is 3.55. The monoisotopic (exact) mass is 374 g/mol. The van der Waals surface area contributed by atoms with E-state index in [-0.39, 0.29) is 5.91 Å². The van der Waals surface area contributed by atoms with Crippen molar-refractivity contribution in [3.63, 3.8) is 0 Å². The first-order chi connectivity index (χ1) is 13.7. The average molecular weight is 374 g/mol. The van der Waals surface area contributed by atoms with Gasteiger partial charge < -0.3 is 0 Å². The van der Waals surface area contributed by atoms with Gasteiger partial charge in [-0.25, -0.2) is 0 Å². The number of aromatic nitrogens is 3. The summed E-state index contributed by atoms with van der Waals surface area (Å²) in [5, 5.41) is 4.23. The lowest BCUT2D eigenvalue weighted by molar-refractivity contribution is 0.0954. The van der Waals surface area contributed by atoms with Crippen molar-refractivity contribution in [1.82, 2.24) is 14.3 Å². The zero-order valence-corrected chi connectivity index (χ0v) is 16.3. The summed E-state index contributed by atoms with van der Waals surface area (Å²) in [5.74, 6) is -0.0415. The van der Waals surface area contributed by atoms with Crippen molar-refractivity contribution < 1.29 is 4.79 Å². The first kappa shape index (κ1) is 18.4. The Morgan fingerprint density at radius 1 is 1.11 bits per heavy atom. The highest BCUT2D eigenvalue weighted by molar-refractivity contribution is 5.95. The highest BCUT2D eigenvalue weighted by atomic mass is 16.2. The van der Waals surface area contributed by atoms with Crippen LogP contribution >= 0.6 is 0 Å². The number of carbonyl (C=O) groups is 1. The Bertz CT molecular complexity index is 994. The van der Waals surface area contributed by atoms with Crippen molar-refractivity contribution in [2.24, 2.45) is 4.99 Å². The molecule has 0 amide bonds. The van der Waals surface area contributed by atoms with Crippen LogP contribution < -0.4 is 5.49 Å². The van der Waals surface area contributed by atoms with Gasteiger partial charge in [-0.05, 0) is 61.2 Å². The highest BCUT2D eigenvalue weighted by Crippen LogP contribution is 2.19. The molecule has 4 rings (SSSR count). The Kier molecular flexibility index (Phi) is 5.51. The van der Waals surface area contributed by atoms with E-state index in [4.69, 9.17) is 4.99 Å². The Balaban J connectivity index is 1.60. The first-order valence-corrected chi connectivity index (χ1v) is 10.0. The maximum atomic E-state index is 13.1. The van der Waals surface area contributed by atoms with Gasteiger partial charge in [-0.2, -0.15) is 5.10 Å². The van der Waals surface area contributed by atoms with Gasteiger partial charge >= 0.3 is 0 Å². The van der Waals surface area contributed by atoms with Gasteiger partial charge in [-0.15, -0.1) is 0 Å². The largest absolute Gasteiger partial charge is 0.268 e. The molecule has 0 atom stereocenters. The van der Waals surface area contributed by atoms with Crippen molar-refractivity contribution in [3.8, 4) is 0 Å². The minimum Gasteiger partial charge on any atom is -0.268 e. The molecule has 144 valence electrons. The van der Waals surface area contributed by atoms with Gasteiger partial charge in [0.05, 0.1) is 12.6 Å². The minimum absolute atomic E-state index is 0.0415. The van der Waals surface area contributed by atoms with Crippen LogP contribution in [0.4, 0.5) is 0 Å². The molecule has 3 aromatic rings. The van der Waals surface area contributed by atoms with Crippen LogP contribution in [0.2, 0.25) is 0 Å². The fourth-order valence-corrected chi connectivity index (χ4v) is 3.73. The Morgan fingerprint density at radius 2 is 1.89 bits per heavy atom. The lowest BCUT2D eigenvalue weighted by Crippen LogP contribution is -2.29. The van der Waals surface area contributed by atoms with E-state index >= 15 is 0 Å². The summed E-state index contributed by atoms with van der Waals surface area (Å²) in [6.45, 7) is 2.74. The molecule has 28 heavy (non-hydrogen) atoms. The van der Waals surface area contributed by atoms with Gasteiger partial charge in [0.15, 0.2) is 0 Å². The van der Waals surface area contributed by atoms with Gasteiger partial charge in [0.1, 0.15) is 5.49 Å². The summed E-state index contributed by atoms with van der Waals surface area (Å²) in [6.07, 6.45) is 11.5. The van der Waals surface area contributed by atoms with E-state index in [1.807, 2.05) is 66.5 Å². The molecular weight excluding hydrogens is 348 g/mol. The zero-order chi connectivity index (χ0) is 19.3. The molecule has 1 saturated carbocycles. The lowest BCUT2D eigenvalue weighted by Gasteiger charge is -2.18. The lowest BCUT2D eigenvalue weighted by atomic mass is 9.96. The normalized spacial score (nSPS) is 15.7. The van der Waals surface area contributed by atoms with Crippen molar-refractivity contribution >= 4 is 5.91 Å². The van der Waals surface area contributed by atoms with Gasteiger partial charge in [0.25, 0.3) is 5.91 Å². The second-order valence-electron chi connectivity index (χ2n) is 7.56. The SMILES string of the molecule is Cc1ccn(C(=O)c2ccc(Cn3cccn3)cc2)c(=NC2CCCCC2)c1. The molecular formula is C23H26N4O. The molecule has 1 aromatic carbocycles. The highest BCUT2D eigenvalue weighted by Gasteiger charge is 2.14. The fourth-order valence-electron chi connectivity index (χ4n) is 3.73. The second-order valence-corrected chi connectivity index (χ2v) is 7.56. The molecule has 0 aliphatic heterocycles. The van der Waals surface area contributed by atoms with Gasteiger partial charge in [-0.1, -0.05) is 31.4 Å². The predicted octanol–water partition coefficient (Wildman–Crippen LogP) is 3.96. The van der Waals surface area contributed by atoms with E-state index in [9.17, 15) is 4.79 Å². The molecule has 5 nitrogen and oxygen atoms in total. The van der Waals surface area contributed by atoms with Crippen LogP contribution in [0, 0.1) is 6.92 Å². The van der Waals surface area contributed by atoms with Gasteiger partial charge in [0.2, 0.25) is 0 Å². The second kappa shape index (κ2) is 8.38. The molecule has 1 fully saturated rings. The molecule has 0 N–H and O–H groups in total. The number of carbonyl (C=O) groups excluding carboxylic acids is 1. The quantitative estimate of drug-likeness (QED) is 0.694. The van der Waals surface area contributed by atoms with Crippen LogP contribution in [0.15, 0.2) is 66.0 Å². The zero-order valence-electron chi connectivity index (χ0n) is 16.3. The molecule has 2 aromatic heterocycles. The number of hydrogen-bond donors (Lipinski definition) is 0. The summed E-state index contributed by atoms with van der Waals surface area (Å²) in [5.41, 5.74) is 3.66. The van der Waals surface area contributed by atoms with E-state index in [1.54, 1.807) is 10.8 Å². The van der Waals surface area contributed by atoms with Crippen molar-refractivity contribution in [1.29, 1.82) is 0 Å². The van der Waals surface area contributed by atoms with Gasteiger partial charge in [-0.3, -0.25) is 19.0 Å². The predicted molar refractivity (Wildman–Crippen MR) is 109 cm³/mol. The number of aryl methyl sites for hydroxylation is 1. The molecule has 0 unspecified atom stereocenters. The van der Waals surface area contributed by atoms with E-state index in [2.05, 4.69) is 5.10 Å². The Morgan fingerprint density at radius 3 is 2.61 bits per heavy atom. The van der Waals surface area contributed by atoms with E-state index in [0.29, 0.717) is 18.2 Å². The summed E-state index contributed by atoms with van der Waals surface area (Å²) in [4.78, 5) is 18.1. The topological polar surface area (TPSA) is 52.2 Å². The van der Waals surface area contributed by atoms with Crippen LogP contribution in [0.3, 0.4) is 0 Å². The number of nitrogens with zero attached hydrogens (tertiary/aromatic N) is 4. The Labute approximate surface area is 165 Å². The van der Waals surface area contributed by atoms with Crippen LogP contribution in [0.1, 0.15) is 53.6 Å². The van der Waals surface area contributed by atoms with Crippen LogP contribution in [-0.2, 0) is 6.54 Å². The smallest absolute Gasteiger partial charge is 0.263 e. The van der Waals surface area contributed by atoms with E-state index < -0.39 is 0 Å². The molecule has 1 aliphatic rings. The first-order valence-electron chi connectivity index (χ1n) is 10.0. The van der Waals surface area contributed by atoms with Gasteiger partial charge in [0, 0.05) is 24.2 Å². The third kappa shape index (κ3) is 4.30. The molecule has 0 saturated heterocycles. The van der Waals surface area contributed by atoms with Crippen molar-refractivity contribution in [2.45, 2.75) is 51.6 Å². The van der Waals surface area contributed by atoms with E-state index in [1.165, 1.54) is 19.3 Å². The Hall–Kier alpha value is -2.95. The number of pyridine rings is 1. The molecule has 5 heteroatoms. The van der Waals surface area contributed by atoms with E-state index in [0.717, 1.165) is 29.5 Å². The number of rotatable bonds is 4. The maximum Gasteiger partial charge on any atom is 0.263 e. The molecule has 2 heterocycles. The molecule has 0 bridgehead atoms. The van der Waals surface area contributed by atoms with Crippen molar-refractivity contribution in [3.05, 3.63) is 83.2 Å². The summed E-state index contributed by atoms with van der Waals surface area (Å²) in [7, 11) is 0. The van der Waals surface area contributed by atoms with Crippen LogP contribution in [-0.4, -0.2) is 26.3 Å². The minimum atomic E-state index is -0.0415. The third-order valence-electron chi connectivity index (χ3n) is 5.30. The van der Waals surface area contributed by atoms with Crippen molar-refractivity contribution in [2.75, 3.05) is 0 Å².